The van der Waals surface area contributed by atoms with Gasteiger partial charge in [-0.1, -0.05) is 37.3 Å². The van der Waals surface area contributed by atoms with Gasteiger partial charge in [-0.2, -0.15) is 0 Å². The molecule has 0 spiro atoms. The van der Waals surface area contributed by atoms with Crippen LogP contribution in [0.3, 0.4) is 0 Å². The Morgan fingerprint density at radius 2 is 1.92 bits per heavy atom. The molecule has 0 saturated carbocycles. The Labute approximate surface area is 143 Å². The largest absolute Gasteiger partial charge is 0.457 e. The molecule has 4 nitrogen and oxygen atoms in total. The third-order valence-corrected chi connectivity index (χ3v) is 4.51. The molecule has 1 fully saturated rings. The predicted octanol–water partition coefficient (Wildman–Crippen LogP) is 3.69. The minimum absolute atomic E-state index is 0.0792. The van der Waals surface area contributed by atoms with Gasteiger partial charge in [-0.05, 0) is 50.2 Å². The average Bonchev–Trinajstić information content (AvgIpc) is 3.08. The lowest BCUT2D eigenvalue weighted by atomic mass is 10.1. The molecule has 1 N–H and O–H groups in total. The van der Waals surface area contributed by atoms with Crippen LogP contribution in [-0.2, 0) is 0 Å². The molecule has 3 rings (SSSR count). The molecule has 1 unspecified atom stereocenters. The number of nitrogens with one attached hydrogen (secondary N) is 1. The Balaban J connectivity index is 1.66. The van der Waals surface area contributed by atoms with Gasteiger partial charge < -0.3 is 10.1 Å². The highest BCUT2D eigenvalue weighted by Crippen LogP contribution is 2.25. The van der Waals surface area contributed by atoms with Gasteiger partial charge in [0.05, 0.1) is 5.56 Å². The first kappa shape index (κ1) is 16.5. The van der Waals surface area contributed by atoms with Gasteiger partial charge in [0.1, 0.15) is 11.5 Å². The van der Waals surface area contributed by atoms with E-state index in [1.807, 2.05) is 48.5 Å². The number of ether oxygens (including phenoxy) is 1. The van der Waals surface area contributed by atoms with Crippen LogP contribution in [0.1, 0.15) is 30.1 Å². The van der Waals surface area contributed by atoms with E-state index in [0.717, 1.165) is 25.3 Å². The molecule has 1 aliphatic rings. The fraction of sp³-hybridized carbons (Fsp3) is 0.350. The second kappa shape index (κ2) is 7.97. The van der Waals surface area contributed by atoms with Gasteiger partial charge in [0.25, 0.3) is 5.91 Å². The first-order chi connectivity index (χ1) is 11.8. The number of nitrogens with zero attached hydrogens (tertiary/aromatic N) is 1. The highest BCUT2D eigenvalue weighted by molar-refractivity contribution is 5.97. The standard InChI is InChI=1S/C20H24N2O2/c1-2-22-14-8-9-16(22)15-21-20(23)18-12-6-7-13-19(18)24-17-10-4-3-5-11-17/h3-7,10-13,16H,2,8-9,14-15H2,1H3,(H,21,23). The van der Waals surface area contributed by atoms with Crippen LogP contribution in [0.15, 0.2) is 54.6 Å². The molecule has 1 heterocycles. The summed E-state index contributed by atoms with van der Waals surface area (Å²) in [5.41, 5.74) is 0.572. The second-order valence-corrected chi connectivity index (χ2v) is 6.05. The number of benzene rings is 2. The molecule has 4 heteroatoms. The van der Waals surface area contributed by atoms with E-state index in [1.165, 1.54) is 6.42 Å². The maximum absolute atomic E-state index is 12.6. The number of hydrogen-bond acceptors (Lipinski definition) is 3. The minimum Gasteiger partial charge on any atom is -0.457 e. The van der Waals surface area contributed by atoms with Gasteiger partial charge in [-0.25, -0.2) is 0 Å². The van der Waals surface area contributed by atoms with Gasteiger partial charge in [0, 0.05) is 12.6 Å². The lowest BCUT2D eigenvalue weighted by Crippen LogP contribution is -2.40. The van der Waals surface area contributed by atoms with Crippen LogP contribution < -0.4 is 10.1 Å². The number of amides is 1. The Kier molecular flexibility index (Phi) is 5.49. The van der Waals surface area contributed by atoms with Crippen LogP contribution in [0.2, 0.25) is 0 Å². The SMILES string of the molecule is CCN1CCCC1CNC(=O)c1ccccc1Oc1ccccc1. The van der Waals surface area contributed by atoms with Gasteiger partial charge in [0.15, 0.2) is 0 Å². The van der Waals surface area contributed by atoms with E-state index < -0.39 is 0 Å². The molecule has 0 aliphatic carbocycles. The summed E-state index contributed by atoms with van der Waals surface area (Å²) in [6, 6.07) is 17.3. The first-order valence-corrected chi connectivity index (χ1v) is 8.62. The van der Waals surface area contributed by atoms with Crippen molar-refractivity contribution in [2.45, 2.75) is 25.8 Å². The Morgan fingerprint density at radius 3 is 2.71 bits per heavy atom. The minimum atomic E-state index is -0.0792. The van der Waals surface area contributed by atoms with E-state index in [4.69, 9.17) is 4.74 Å². The van der Waals surface area contributed by atoms with Crippen molar-refractivity contribution >= 4 is 5.91 Å². The summed E-state index contributed by atoms with van der Waals surface area (Å²) in [6.07, 6.45) is 2.36. The summed E-state index contributed by atoms with van der Waals surface area (Å²) in [5, 5.41) is 3.07. The van der Waals surface area contributed by atoms with Crippen LogP contribution in [0.25, 0.3) is 0 Å². The Bertz CT molecular complexity index is 672. The van der Waals surface area contributed by atoms with Crippen molar-refractivity contribution in [1.82, 2.24) is 10.2 Å². The molecule has 2 aromatic rings. The predicted molar refractivity (Wildman–Crippen MR) is 95.6 cm³/mol. The van der Waals surface area contributed by atoms with E-state index in [-0.39, 0.29) is 5.91 Å². The number of likely N-dealkylation sites (N-methyl/N-ethyl adjacent to an activating group) is 1. The molecule has 126 valence electrons. The molecular weight excluding hydrogens is 300 g/mol. The van der Waals surface area contributed by atoms with E-state index in [0.29, 0.717) is 23.9 Å². The van der Waals surface area contributed by atoms with Gasteiger partial charge in [0.2, 0.25) is 0 Å². The lowest BCUT2D eigenvalue weighted by molar-refractivity contribution is 0.0939. The monoisotopic (exact) mass is 324 g/mol. The zero-order valence-electron chi connectivity index (χ0n) is 14.1. The van der Waals surface area contributed by atoms with Crippen LogP contribution in [-0.4, -0.2) is 36.5 Å². The molecule has 2 aromatic carbocycles. The molecule has 24 heavy (non-hydrogen) atoms. The van der Waals surface area contributed by atoms with Crippen molar-refractivity contribution < 1.29 is 9.53 Å². The van der Waals surface area contributed by atoms with Crippen LogP contribution in [0.4, 0.5) is 0 Å². The lowest BCUT2D eigenvalue weighted by Gasteiger charge is -2.23. The van der Waals surface area contributed by atoms with E-state index in [1.54, 1.807) is 6.07 Å². The highest BCUT2D eigenvalue weighted by atomic mass is 16.5. The normalized spacial score (nSPS) is 17.6. The zero-order valence-corrected chi connectivity index (χ0v) is 14.1. The number of likely N-dealkylation sites (tertiary alicyclic amines) is 1. The summed E-state index contributed by atoms with van der Waals surface area (Å²) in [4.78, 5) is 15.0. The molecule has 1 atom stereocenters. The topological polar surface area (TPSA) is 41.6 Å². The molecule has 0 bridgehead atoms. The number of rotatable bonds is 6. The average molecular weight is 324 g/mol. The smallest absolute Gasteiger partial charge is 0.255 e. The van der Waals surface area contributed by atoms with Crippen LogP contribution in [0.5, 0.6) is 11.5 Å². The van der Waals surface area contributed by atoms with Crippen molar-refractivity contribution in [3.8, 4) is 11.5 Å². The quantitative estimate of drug-likeness (QED) is 0.881. The van der Waals surface area contributed by atoms with Crippen molar-refractivity contribution in [1.29, 1.82) is 0 Å². The van der Waals surface area contributed by atoms with E-state index in [2.05, 4.69) is 17.1 Å². The fourth-order valence-electron chi connectivity index (χ4n) is 3.21. The summed E-state index contributed by atoms with van der Waals surface area (Å²) in [6.45, 7) is 5.02. The van der Waals surface area contributed by atoms with E-state index in [9.17, 15) is 4.79 Å². The fourth-order valence-corrected chi connectivity index (χ4v) is 3.21. The zero-order chi connectivity index (χ0) is 16.8. The summed E-state index contributed by atoms with van der Waals surface area (Å²) in [5.74, 6) is 1.23. The van der Waals surface area contributed by atoms with E-state index >= 15 is 0 Å². The van der Waals surface area contributed by atoms with Crippen LogP contribution in [0, 0.1) is 0 Å². The van der Waals surface area contributed by atoms with Crippen LogP contribution >= 0.6 is 0 Å². The Hall–Kier alpha value is -2.33. The summed E-state index contributed by atoms with van der Waals surface area (Å²) in [7, 11) is 0. The molecule has 1 saturated heterocycles. The highest BCUT2D eigenvalue weighted by Gasteiger charge is 2.23. The van der Waals surface area contributed by atoms with Gasteiger partial charge in [-0.3, -0.25) is 9.69 Å². The third kappa shape index (κ3) is 3.95. The molecule has 0 aromatic heterocycles. The van der Waals surface area contributed by atoms with Gasteiger partial charge in [-0.15, -0.1) is 0 Å². The molecule has 0 radical (unpaired) electrons. The van der Waals surface area contributed by atoms with Crippen molar-refractivity contribution in [3.63, 3.8) is 0 Å². The summed E-state index contributed by atoms with van der Waals surface area (Å²) < 4.78 is 5.87. The maximum Gasteiger partial charge on any atom is 0.255 e. The number of para-hydroxylation sites is 2. The maximum atomic E-state index is 12.6. The molecule has 1 aliphatic heterocycles. The van der Waals surface area contributed by atoms with Gasteiger partial charge >= 0.3 is 0 Å². The summed E-state index contributed by atoms with van der Waals surface area (Å²) >= 11 is 0. The Morgan fingerprint density at radius 1 is 1.17 bits per heavy atom. The second-order valence-electron chi connectivity index (χ2n) is 6.05. The molecule has 1 amide bonds. The van der Waals surface area contributed by atoms with Crippen molar-refractivity contribution in [3.05, 3.63) is 60.2 Å². The third-order valence-electron chi connectivity index (χ3n) is 4.51. The van der Waals surface area contributed by atoms with Crippen molar-refractivity contribution in [2.24, 2.45) is 0 Å². The molecular formula is C20H24N2O2. The number of hydrogen-bond donors (Lipinski definition) is 1. The van der Waals surface area contributed by atoms with Crippen molar-refractivity contribution in [2.75, 3.05) is 19.6 Å². The number of carbonyl (C=O) groups is 1. The first-order valence-electron chi connectivity index (χ1n) is 8.62. The number of carbonyl (C=O) groups excluding carboxylic acids is 1.